The van der Waals surface area contributed by atoms with Crippen LogP contribution in [0.1, 0.15) is 46.0 Å². The van der Waals surface area contributed by atoms with Crippen LogP contribution in [0.3, 0.4) is 0 Å². The lowest BCUT2D eigenvalue weighted by molar-refractivity contribution is 0.0525. The maximum Gasteiger partial charge on any atom is 0.340 e. The van der Waals surface area contributed by atoms with Gasteiger partial charge in [-0.2, -0.15) is 0 Å². The molecule has 0 N–H and O–H groups in total. The first-order valence-electron chi connectivity index (χ1n) is 9.07. The first-order chi connectivity index (χ1) is 13.8. The lowest BCUT2D eigenvalue weighted by atomic mass is 9.92. The van der Waals surface area contributed by atoms with Crippen LogP contribution in [0.25, 0.3) is 11.1 Å². The fourth-order valence-corrected chi connectivity index (χ4v) is 3.59. The van der Waals surface area contributed by atoms with Gasteiger partial charge >= 0.3 is 11.9 Å². The van der Waals surface area contributed by atoms with Crippen molar-refractivity contribution in [2.24, 2.45) is 0 Å². The topological polar surface area (TPSA) is 84.0 Å². The summed E-state index contributed by atoms with van der Waals surface area (Å²) in [6.45, 7) is 7.21. The number of hydrogen-bond acceptors (Lipinski definition) is 7. The Kier molecular flexibility index (Phi) is 7.61. The zero-order chi connectivity index (χ0) is 21.7. The molecule has 0 spiro atoms. The molecule has 7 nitrogen and oxygen atoms in total. The second kappa shape index (κ2) is 9.73. The predicted molar refractivity (Wildman–Crippen MR) is 112 cm³/mol. The number of benzene rings is 1. The zero-order valence-electron chi connectivity index (χ0n) is 17.3. The van der Waals surface area contributed by atoms with E-state index < -0.39 is 11.9 Å². The summed E-state index contributed by atoms with van der Waals surface area (Å²) < 4.78 is 21.8. The number of methoxy groups -OCH3 is 2. The monoisotopic (exact) mass is 465 g/mol. The number of pyridine rings is 1. The number of aromatic nitrogens is 1. The summed E-state index contributed by atoms with van der Waals surface area (Å²) in [4.78, 5) is 30.0. The van der Waals surface area contributed by atoms with E-state index >= 15 is 0 Å². The fourth-order valence-electron chi connectivity index (χ4n) is 3.07. The molecule has 29 heavy (non-hydrogen) atoms. The van der Waals surface area contributed by atoms with Gasteiger partial charge < -0.3 is 18.9 Å². The molecule has 0 fully saturated rings. The van der Waals surface area contributed by atoms with Crippen molar-refractivity contribution in [2.75, 3.05) is 27.4 Å². The molecule has 0 unspecified atom stereocenters. The predicted octanol–water partition coefficient (Wildman–Crippen LogP) is 4.50. The Morgan fingerprint density at radius 2 is 1.34 bits per heavy atom. The first kappa shape index (κ1) is 22.7. The molecule has 2 aromatic rings. The largest absolute Gasteiger partial charge is 0.493 e. The number of hydrogen-bond donors (Lipinski definition) is 0. The Morgan fingerprint density at radius 3 is 1.76 bits per heavy atom. The molecular weight excluding hydrogens is 442 g/mol. The highest BCUT2D eigenvalue weighted by atomic mass is 79.9. The summed E-state index contributed by atoms with van der Waals surface area (Å²) in [6, 6.07) is 3.41. The van der Waals surface area contributed by atoms with Crippen molar-refractivity contribution in [3.05, 3.63) is 39.1 Å². The number of ether oxygens (including phenoxy) is 4. The molecule has 0 atom stereocenters. The van der Waals surface area contributed by atoms with Crippen LogP contribution in [0.5, 0.6) is 11.5 Å². The third-order valence-corrected chi connectivity index (χ3v) is 4.92. The summed E-state index contributed by atoms with van der Waals surface area (Å²) in [5.41, 5.74) is 2.24. The van der Waals surface area contributed by atoms with Crippen LogP contribution in [0.2, 0.25) is 0 Å². The molecule has 1 heterocycles. The van der Waals surface area contributed by atoms with Gasteiger partial charge in [0.1, 0.15) is 0 Å². The van der Waals surface area contributed by atoms with E-state index in [1.165, 1.54) is 14.2 Å². The average Bonchev–Trinajstić information content (AvgIpc) is 2.67. The smallest absolute Gasteiger partial charge is 0.340 e. The summed E-state index contributed by atoms with van der Waals surface area (Å²) in [5.74, 6) is -0.192. The standard InChI is InChI=1S/C21H24BrNO6/c1-7-28-20(24)17-11(3)23-12(4)18(21(25)29-8-2)19(17)13-9-15(26-5)16(27-6)10-14(13)22/h9-10H,7-8H2,1-6H3. The van der Waals surface area contributed by atoms with Crippen molar-refractivity contribution >= 4 is 27.9 Å². The molecule has 0 aliphatic carbocycles. The lowest BCUT2D eigenvalue weighted by Crippen LogP contribution is -2.17. The SMILES string of the molecule is CCOC(=O)c1c(C)nc(C)c(C(=O)OCC)c1-c1cc(OC)c(OC)cc1Br. The van der Waals surface area contributed by atoms with Gasteiger partial charge in [0.15, 0.2) is 11.5 Å². The van der Waals surface area contributed by atoms with Crippen LogP contribution in [0.15, 0.2) is 16.6 Å². The van der Waals surface area contributed by atoms with Crippen molar-refractivity contribution < 1.29 is 28.5 Å². The van der Waals surface area contributed by atoms with Crippen LogP contribution < -0.4 is 9.47 Å². The van der Waals surface area contributed by atoms with Gasteiger partial charge in [-0.1, -0.05) is 15.9 Å². The zero-order valence-corrected chi connectivity index (χ0v) is 18.9. The van der Waals surface area contributed by atoms with Gasteiger partial charge in [0.2, 0.25) is 0 Å². The van der Waals surface area contributed by atoms with Crippen LogP contribution in [0.4, 0.5) is 0 Å². The van der Waals surface area contributed by atoms with Crippen LogP contribution in [-0.2, 0) is 9.47 Å². The molecule has 8 heteroatoms. The minimum Gasteiger partial charge on any atom is -0.493 e. The van der Waals surface area contributed by atoms with Crippen molar-refractivity contribution in [1.82, 2.24) is 4.98 Å². The van der Waals surface area contributed by atoms with E-state index in [4.69, 9.17) is 18.9 Å². The van der Waals surface area contributed by atoms with Gasteiger partial charge in [0, 0.05) is 15.6 Å². The molecule has 0 saturated carbocycles. The normalized spacial score (nSPS) is 10.4. The molecule has 1 aromatic carbocycles. The second-order valence-electron chi connectivity index (χ2n) is 6.04. The highest BCUT2D eigenvalue weighted by Gasteiger charge is 2.29. The number of esters is 2. The second-order valence-corrected chi connectivity index (χ2v) is 6.89. The van der Waals surface area contributed by atoms with Crippen molar-refractivity contribution in [1.29, 1.82) is 0 Å². The lowest BCUT2D eigenvalue weighted by Gasteiger charge is -2.20. The van der Waals surface area contributed by atoms with Gasteiger partial charge in [0.05, 0.1) is 49.9 Å². The molecule has 156 valence electrons. The van der Waals surface area contributed by atoms with Crippen molar-refractivity contribution in [3.63, 3.8) is 0 Å². The maximum atomic E-state index is 12.8. The Labute approximate surface area is 178 Å². The number of nitrogens with zero attached hydrogens (tertiary/aromatic N) is 1. The van der Waals surface area contributed by atoms with E-state index in [1.807, 2.05) is 0 Å². The van der Waals surface area contributed by atoms with Crippen LogP contribution >= 0.6 is 15.9 Å². The highest BCUT2D eigenvalue weighted by Crippen LogP contribution is 2.42. The average molecular weight is 466 g/mol. The number of rotatable bonds is 7. The van der Waals surface area contributed by atoms with Crippen molar-refractivity contribution in [3.8, 4) is 22.6 Å². The van der Waals surface area contributed by atoms with Crippen LogP contribution in [-0.4, -0.2) is 44.4 Å². The summed E-state index contributed by atoms with van der Waals surface area (Å²) >= 11 is 3.52. The maximum absolute atomic E-state index is 12.8. The van der Waals surface area contributed by atoms with E-state index in [-0.39, 0.29) is 24.3 Å². The highest BCUT2D eigenvalue weighted by molar-refractivity contribution is 9.10. The molecule has 0 bridgehead atoms. The third-order valence-electron chi connectivity index (χ3n) is 4.26. The van der Waals surface area contributed by atoms with E-state index in [0.717, 1.165) is 0 Å². The number of aryl methyl sites for hydroxylation is 2. The molecule has 1 aromatic heterocycles. The Bertz CT molecular complexity index is 899. The van der Waals surface area contributed by atoms with Gasteiger partial charge in [-0.05, 0) is 39.8 Å². The van der Waals surface area contributed by atoms with Gasteiger partial charge in [0.25, 0.3) is 0 Å². The Hall–Kier alpha value is -2.61. The fraction of sp³-hybridized carbons (Fsp3) is 0.381. The van der Waals surface area contributed by atoms with E-state index in [2.05, 4.69) is 20.9 Å². The summed E-state index contributed by atoms with van der Waals surface area (Å²) in [5, 5.41) is 0. The minimum absolute atomic E-state index is 0.188. The Morgan fingerprint density at radius 1 is 0.897 bits per heavy atom. The molecular formula is C21H24BrNO6. The minimum atomic E-state index is -0.570. The molecule has 0 amide bonds. The molecule has 0 aliphatic heterocycles. The Balaban J connectivity index is 2.97. The van der Waals surface area contributed by atoms with E-state index in [1.54, 1.807) is 39.8 Å². The number of carbonyl (C=O) groups is 2. The van der Waals surface area contributed by atoms with Crippen LogP contribution in [0, 0.1) is 13.8 Å². The third kappa shape index (κ3) is 4.53. The molecule has 0 radical (unpaired) electrons. The number of carbonyl (C=O) groups excluding carboxylic acids is 2. The van der Waals surface area contributed by atoms with Gasteiger partial charge in [-0.3, -0.25) is 4.98 Å². The van der Waals surface area contributed by atoms with E-state index in [9.17, 15) is 9.59 Å². The molecule has 0 aliphatic rings. The summed E-state index contributed by atoms with van der Waals surface area (Å²) in [7, 11) is 3.04. The molecule has 2 rings (SSSR count). The van der Waals surface area contributed by atoms with E-state index in [0.29, 0.717) is 38.5 Å². The molecule has 0 saturated heterocycles. The quantitative estimate of drug-likeness (QED) is 0.556. The number of halogens is 1. The van der Waals surface area contributed by atoms with Crippen molar-refractivity contribution in [2.45, 2.75) is 27.7 Å². The van der Waals surface area contributed by atoms with Gasteiger partial charge in [-0.15, -0.1) is 0 Å². The van der Waals surface area contributed by atoms with Gasteiger partial charge in [-0.25, -0.2) is 9.59 Å². The first-order valence-corrected chi connectivity index (χ1v) is 9.87. The summed E-state index contributed by atoms with van der Waals surface area (Å²) in [6.07, 6.45) is 0.